The molecule has 0 saturated heterocycles. The van der Waals surface area contributed by atoms with Crippen molar-refractivity contribution in [3.63, 3.8) is 0 Å². The minimum atomic E-state index is -3.52. The molecule has 0 unspecified atom stereocenters. The zero-order valence-corrected chi connectivity index (χ0v) is 15.8. The van der Waals surface area contributed by atoms with Gasteiger partial charge in [0.2, 0.25) is 10.0 Å². The highest BCUT2D eigenvalue weighted by Crippen LogP contribution is 2.32. The second kappa shape index (κ2) is 8.22. The van der Waals surface area contributed by atoms with Gasteiger partial charge in [-0.15, -0.1) is 0 Å². The van der Waals surface area contributed by atoms with Crippen LogP contribution in [0, 0.1) is 0 Å². The van der Waals surface area contributed by atoms with Gasteiger partial charge in [0.05, 0.1) is 11.4 Å². The van der Waals surface area contributed by atoms with Crippen molar-refractivity contribution in [1.82, 2.24) is 0 Å². The van der Waals surface area contributed by atoms with Crippen molar-refractivity contribution in [3.05, 3.63) is 66.2 Å². The number of rotatable bonds is 8. The Balaban J connectivity index is 1.92. The summed E-state index contributed by atoms with van der Waals surface area (Å²) in [6.45, 7) is 1.92. The van der Waals surface area contributed by atoms with Crippen LogP contribution in [-0.2, 0) is 10.0 Å². The molecule has 0 aromatic heterocycles. The maximum Gasteiger partial charge on any atom is 0.232 e. The molecule has 0 bridgehead atoms. The van der Waals surface area contributed by atoms with Gasteiger partial charge in [-0.1, -0.05) is 49.7 Å². The first-order valence-electron chi connectivity index (χ1n) is 8.78. The molecular weight excluding hydrogens is 362 g/mol. The SMILES string of the molecule is CCCCS(=O)(=O)Nc1cc(Oc2cccc3ccccc23)ccc1C=O. The maximum absolute atomic E-state index is 12.2. The summed E-state index contributed by atoms with van der Waals surface area (Å²) in [5, 5.41) is 1.99. The number of ether oxygens (including phenoxy) is 1. The number of carbonyl (C=O) groups is 1. The Morgan fingerprint density at radius 1 is 1.04 bits per heavy atom. The monoisotopic (exact) mass is 383 g/mol. The van der Waals surface area contributed by atoms with Crippen molar-refractivity contribution in [2.24, 2.45) is 0 Å². The van der Waals surface area contributed by atoms with Crippen LogP contribution in [0.1, 0.15) is 30.1 Å². The third kappa shape index (κ3) is 4.65. The first-order valence-corrected chi connectivity index (χ1v) is 10.4. The standard InChI is InChI=1S/C21H21NO4S/c1-2-3-13-27(24,25)22-20-14-18(12-11-17(20)15-23)26-21-10-6-8-16-7-4-5-9-19(16)21/h4-12,14-15,22H,2-3,13H2,1H3. The Morgan fingerprint density at radius 2 is 1.81 bits per heavy atom. The molecule has 0 heterocycles. The Labute approximate surface area is 159 Å². The highest BCUT2D eigenvalue weighted by atomic mass is 32.2. The Hall–Kier alpha value is -2.86. The molecular formula is C21H21NO4S. The highest BCUT2D eigenvalue weighted by molar-refractivity contribution is 7.92. The molecule has 0 aliphatic heterocycles. The van der Waals surface area contributed by atoms with Crippen LogP contribution in [0.15, 0.2) is 60.7 Å². The lowest BCUT2D eigenvalue weighted by Crippen LogP contribution is -2.17. The normalized spacial score (nSPS) is 11.3. The molecule has 0 saturated carbocycles. The van der Waals surface area contributed by atoms with Crippen molar-refractivity contribution < 1.29 is 17.9 Å². The summed E-state index contributed by atoms with van der Waals surface area (Å²) in [4.78, 5) is 11.3. The zero-order valence-electron chi connectivity index (χ0n) is 15.0. The first-order chi connectivity index (χ1) is 13.0. The minimum Gasteiger partial charge on any atom is -0.457 e. The van der Waals surface area contributed by atoms with Gasteiger partial charge in [-0.05, 0) is 30.0 Å². The Bertz CT molecular complexity index is 1060. The summed E-state index contributed by atoms with van der Waals surface area (Å²) in [7, 11) is -3.52. The number of hydrogen-bond acceptors (Lipinski definition) is 4. The molecule has 0 spiro atoms. The van der Waals surface area contributed by atoms with E-state index in [-0.39, 0.29) is 17.0 Å². The van der Waals surface area contributed by atoms with Crippen molar-refractivity contribution >= 4 is 32.8 Å². The number of fused-ring (bicyclic) bond motifs is 1. The van der Waals surface area contributed by atoms with E-state index in [0.717, 1.165) is 17.2 Å². The molecule has 27 heavy (non-hydrogen) atoms. The molecule has 0 amide bonds. The van der Waals surface area contributed by atoms with E-state index in [1.807, 2.05) is 49.4 Å². The van der Waals surface area contributed by atoms with Gasteiger partial charge in [0.15, 0.2) is 6.29 Å². The summed E-state index contributed by atoms with van der Waals surface area (Å²) in [5.41, 5.74) is 0.485. The number of sulfonamides is 1. The fraction of sp³-hybridized carbons (Fsp3) is 0.190. The molecule has 6 heteroatoms. The molecule has 0 fully saturated rings. The van der Waals surface area contributed by atoms with E-state index in [1.165, 1.54) is 6.07 Å². The molecule has 3 aromatic carbocycles. The van der Waals surface area contributed by atoms with Gasteiger partial charge in [-0.3, -0.25) is 9.52 Å². The van der Waals surface area contributed by atoms with Crippen LogP contribution >= 0.6 is 0 Å². The van der Waals surface area contributed by atoms with Crippen molar-refractivity contribution in [2.45, 2.75) is 19.8 Å². The van der Waals surface area contributed by atoms with Gasteiger partial charge in [0.25, 0.3) is 0 Å². The van der Waals surface area contributed by atoms with Gasteiger partial charge in [0, 0.05) is 17.0 Å². The quantitative estimate of drug-likeness (QED) is 0.557. The summed E-state index contributed by atoms with van der Waals surface area (Å²) in [6.07, 6.45) is 1.95. The van der Waals surface area contributed by atoms with Crippen LogP contribution in [0.4, 0.5) is 5.69 Å². The fourth-order valence-electron chi connectivity index (χ4n) is 2.75. The minimum absolute atomic E-state index is 0.0101. The molecule has 0 atom stereocenters. The average molecular weight is 383 g/mol. The van der Waals surface area contributed by atoms with E-state index in [4.69, 9.17) is 4.74 Å². The number of aldehydes is 1. The van der Waals surface area contributed by atoms with Crippen LogP contribution in [-0.4, -0.2) is 20.5 Å². The second-order valence-electron chi connectivity index (χ2n) is 6.22. The van der Waals surface area contributed by atoms with Crippen molar-refractivity contribution in [1.29, 1.82) is 0 Å². The Morgan fingerprint density at radius 3 is 2.59 bits per heavy atom. The summed E-state index contributed by atoms with van der Waals surface area (Å²) in [5.74, 6) is 1.12. The van der Waals surface area contributed by atoms with Gasteiger partial charge in [-0.2, -0.15) is 0 Å². The van der Waals surface area contributed by atoms with Gasteiger partial charge in [0.1, 0.15) is 11.5 Å². The fourth-order valence-corrected chi connectivity index (χ4v) is 4.04. The summed E-state index contributed by atoms with van der Waals surface area (Å²) >= 11 is 0. The van der Waals surface area contributed by atoms with Gasteiger partial charge < -0.3 is 4.74 Å². The number of unbranched alkanes of at least 4 members (excludes halogenated alkanes) is 1. The first kappa shape index (κ1) is 18.9. The number of carbonyl (C=O) groups excluding carboxylic acids is 1. The smallest absolute Gasteiger partial charge is 0.232 e. The van der Waals surface area contributed by atoms with Crippen LogP contribution < -0.4 is 9.46 Å². The van der Waals surface area contributed by atoms with E-state index in [0.29, 0.717) is 24.2 Å². The molecule has 1 N–H and O–H groups in total. The third-order valence-corrected chi connectivity index (χ3v) is 5.52. The van der Waals surface area contributed by atoms with E-state index < -0.39 is 10.0 Å². The molecule has 5 nitrogen and oxygen atoms in total. The molecule has 140 valence electrons. The van der Waals surface area contributed by atoms with Crippen LogP contribution in [0.25, 0.3) is 10.8 Å². The number of benzene rings is 3. The predicted molar refractivity (Wildman–Crippen MR) is 108 cm³/mol. The second-order valence-corrected chi connectivity index (χ2v) is 8.06. The molecule has 3 rings (SSSR count). The number of hydrogen-bond donors (Lipinski definition) is 1. The van der Waals surface area contributed by atoms with Crippen LogP contribution in [0.5, 0.6) is 11.5 Å². The molecule has 3 aromatic rings. The third-order valence-electron chi connectivity index (χ3n) is 4.16. The van der Waals surface area contributed by atoms with Crippen molar-refractivity contribution in [3.8, 4) is 11.5 Å². The van der Waals surface area contributed by atoms with E-state index >= 15 is 0 Å². The predicted octanol–water partition coefficient (Wildman–Crippen LogP) is 4.99. The topological polar surface area (TPSA) is 72.5 Å². The van der Waals surface area contributed by atoms with E-state index in [9.17, 15) is 13.2 Å². The van der Waals surface area contributed by atoms with Crippen LogP contribution in [0.3, 0.4) is 0 Å². The van der Waals surface area contributed by atoms with Crippen LogP contribution in [0.2, 0.25) is 0 Å². The lowest BCUT2D eigenvalue weighted by Gasteiger charge is -2.13. The molecule has 0 aliphatic rings. The molecule has 0 aliphatic carbocycles. The zero-order chi connectivity index (χ0) is 19.3. The largest absolute Gasteiger partial charge is 0.457 e. The van der Waals surface area contributed by atoms with Gasteiger partial charge >= 0.3 is 0 Å². The van der Waals surface area contributed by atoms with Gasteiger partial charge in [-0.25, -0.2) is 8.42 Å². The lowest BCUT2D eigenvalue weighted by molar-refractivity contribution is 0.112. The summed E-state index contributed by atoms with van der Waals surface area (Å²) < 4.78 is 32.9. The molecule has 0 radical (unpaired) electrons. The maximum atomic E-state index is 12.2. The summed E-state index contributed by atoms with van der Waals surface area (Å²) in [6, 6.07) is 18.3. The van der Waals surface area contributed by atoms with E-state index in [2.05, 4.69) is 4.72 Å². The van der Waals surface area contributed by atoms with Crippen molar-refractivity contribution in [2.75, 3.05) is 10.5 Å². The highest BCUT2D eigenvalue weighted by Gasteiger charge is 2.14. The number of anilines is 1. The average Bonchev–Trinajstić information content (AvgIpc) is 2.67. The van der Waals surface area contributed by atoms with E-state index in [1.54, 1.807) is 12.1 Å². The Kier molecular flexibility index (Phi) is 5.76. The lowest BCUT2D eigenvalue weighted by atomic mass is 10.1. The number of nitrogens with one attached hydrogen (secondary N) is 1.